The maximum atomic E-state index is 13.3. The van der Waals surface area contributed by atoms with Crippen LogP contribution in [-0.4, -0.2) is 40.1 Å². The molecule has 2 aromatic carbocycles. The summed E-state index contributed by atoms with van der Waals surface area (Å²) in [7, 11) is -2.28. The molecule has 1 saturated heterocycles. The van der Waals surface area contributed by atoms with Crippen LogP contribution in [0.3, 0.4) is 0 Å². The van der Waals surface area contributed by atoms with Gasteiger partial charge in [0.25, 0.3) is 0 Å². The highest BCUT2D eigenvalue weighted by Gasteiger charge is 2.27. The van der Waals surface area contributed by atoms with Crippen LogP contribution >= 0.6 is 11.6 Å². The van der Waals surface area contributed by atoms with Crippen LogP contribution in [0.1, 0.15) is 30.9 Å². The molecular formula is C20H24ClFN2O3S. The molecule has 1 unspecified atom stereocenters. The lowest BCUT2D eigenvalue weighted by molar-refractivity contribution is 0.162. The fourth-order valence-electron chi connectivity index (χ4n) is 3.57. The van der Waals surface area contributed by atoms with Crippen molar-refractivity contribution in [1.82, 2.24) is 9.62 Å². The lowest BCUT2D eigenvalue weighted by Gasteiger charge is -2.35. The number of nitrogens with one attached hydrogen (secondary N) is 1. The summed E-state index contributed by atoms with van der Waals surface area (Å²) < 4.78 is 47.0. The Morgan fingerprint density at radius 2 is 1.89 bits per heavy atom. The van der Waals surface area contributed by atoms with Crippen molar-refractivity contribution in [2.45, 2.75) is 30.2 Å². The standard InChI is InChI=1S/C20H24ClFN2O3S/c1-27-19-8-4-3-7-16(19)18(24-11-5-2-6-12-24)14-23-28(25,26)20-10-9-15(22)13-17(20)21/h3-4,7-10,13,18,23H,2,5-6,11-12,14H2,1H3. The molecule has 0 aliphatic carbocycles. The number of nitrogens with zero attached hydrogens (tertiary/aromatic N) is 1. The number of hydrogen-bond donors (Lipinski definition) is 1. The van der Waals surface area contributed by atoms with E-state index in [0.29, 0.717) is 0 Å². The number of rotatable bonds is 7. The molecule has 1 heterocycles. The molecule has 8 heteroatoms. The SMILES string of the molecule is COc1ccccc1C(CNS(=O)(=O)c1ccc(F)cc1Cl)N1CCCCC1. The Balaban J connectivity index is 1.87. The molecule has 1 fully saturated rings. The van der Waals surface area contributed by atoms with Crippen molar-refractivity contribution in [1.29, 1.82) is 0 Å². The van der Waals surface area contributed by atoms with Crippen molar-refractivity contribution < 1.29 is 17.5 Å². The van der Waals surface area contributed by atoms with Crippen molar-refractivity contribution in [2.24, 2.45) is 0 Å². The van der Waals surface area contributed by atoms with Crippen LogP contribution in [0.4, 0.5) is 4.39 Å². The van der Waals surface area contributed by atoms with E-state index in [1.165, 1.54) is 12.5 Å². The van der Waals surface area contributed by atoms with Crippen LogP contribution in [-0.2, 0) is 10.0 Å². The van der Waals surface area contributed by atoms with Crippen molar-refractivity contribution in [3.63, 3.8) is 0 Å². The zero-order valence-corrected chi connectivity index (χ0v) is 17.3. The van der Waals surface area contributed by atoms with Gasteiger partial charge in [-0.2, -0.15) is 0 Å². The van der Waals surface area contributed by atoms with Gasteiger partial charge >= 0.3 is 0 Å². The second-order valence-electron chi connectivity index (χ2n) is 6.78. The number of benzene rings is 2. The quantitative estimate of drug-likeness (QED) is 0.727. The van der Waals surface area contributed by atoms with Gasteiger partial charge in [0.05, 0.1) is 18.2 Å². The first-order valence-electron chi connectivity index (χ1n) is 9.24. The van der Waals surface area contributed by atoms with E-state index in [1.807, 2.05) is 24.3 Å². The summed E-state index contributed by atoms with van der Waals surface area (Å²) in [6.07, 6.45) is 3.32. The summed E-state index contributed by atoms with van der Waals surface area (Å²) in [4.78, 5) is 2.14. The molecule has 28 heavy (non-hydrogen) atoms. The van der Waals surface area contributed by atoms with Gasteiger partial charge in [-0.3, -0.25) is 4.90 Å². The molecule has 5 nitrogen and oxygen atoms in total. The van der Waals surface area contributed by atoms with Crippen LogP contribution < -0.4 is 9.46 Å². The van der Waals surface area contributed by atoms with Crippen LogP contribution in [0.25, 0.3) is 0 Å². The van der Waals surface area contributed by atoms with Gasteiger partial charge in [-0.1, -0.05) is 36.2 Å². The van der Waals surface area contributed by atoms with E-state index in [2.05, 4.69) is 9.62 Å². The molecule has 1 aliphatic heterocycles. The van der Waals surface area contributed by atoms with Gasteiger partial charge in [0.2, 0.25) is 10.0 Å². The lowest BCUT2D eigenvalue weighted by atomic mass is 10.0. The van der Waals surface area contributed by atoms with E-state index < -0.39 is 15.8 Å². The second kappa shape index (κ2) is 9.22. The fourth-order valence-corrected chi connectivity index (χ4v) is 5.13. The normalized spacial score (nSPS) is 16.7. The van der Waals surface area contributed by atoms with Gasteiger partial charge in [-0.15, -0.1) is 0 Å². The Morgan fingerprint density at radius 3 is 2.57 bits per heavy atom. The van der Waals surface area contributed by atoms with E-state index >= 15 is 0 Å². The molecule has 0 aromatic heterocycles. The highest BCUT2D eigenvalue weighted by Crippen LogP contribution is 2.31. The van der Waals surface area contributed by atoms with Crippen molar-refractivity contribution >= 4 is 21.6 Å². The molecule has 0 bridgehead atoms. The van der Waals surface area contributed by atoms with Gasteiger partial charge in [-0.05, 0) is 50.2 Å². The predicted octanol–water partition coefficient (Wildman–Crippen LogP) is 3.99. The summed E-state index contributed by atoms with van der Waals surface area (Å²) in [6.45, 7) is 1.94. The van der Waals surface area contributed by atoms with Gasteiger partial charge in [0, 0.05) is 12.1 Å². The summed E-state index contributed by atoms with van der Waals surface area (Å²) in [5, 5.41) is -0.140. The third-order valence-electron chi connectivity index (χ3n) is 4.98. The van der Waals surface area contributed by atoms with Crippen LogP contribution in [0.5, 0.6) is 5.75 Å². The highest BCUT2D eigenvalue weighted by molar-refractivity contribution is 7.89. The molecule has 0 radical (unpaired) electrons. The molecule has 2 aromatic rings. The van der Waals surface area contributed by atoms with E-state index in [1.54, 1.807) is 7.11 Å². The third kappa shape index (κ3) is 4.84. The second-order valence-corrected chi connectivity index (χ2v) is 8.92. The first kappa shape index (κ1) is 21.0. The molecule has 0 amide bonds. The first-order valence-corrected chi connectivity index (χ1v) is 11.1. The summed E-state index contributed by atoms with van der Waals surface area (Å²) in [5.41, 5.74) is 0.930. The van der Waals surface area contributed by atoms with E-state index in [0.717, 1.165) is 49.4 Å². The average Bonchev–Trinajstić information content (AvgIpc) is 2.69. The number of piperidine rings is 1. The minimum absolute atomic E-state index is 0.131. The summed E-state index contributed by atoms with van der Waals surface area (Å²) in [6, 6.07) is 10.7. The summed E-state index contributed by atoms with van der Waals surface area (Å²) >= 11 is 5.95. The Bertz CT molecular complexity index is 917. The Kier molecular flexibility index (Phi) is 6.93. The number of para-hydroxylation sites is 1. The molecular weight excluding hydrogens is 403 g/mol. The van der Waals surface area contributed by atoms with E-state index in [4.69, 9.17) is 16.3 Å². The van der Waals surface area contributed by atoms with Gasteiger partial charge in [-0.25, -0.2) is 17.5 Å². The van der Waals surface area contributed by atoms with Crippen LogP contribution in [0, 0.1) is 5.82 Å². The Hall–Kier alpha value is -1.67. The number of ether oxygens (including phenoxy) is 1. The van der Waals surface area contributed by atoms with Crippen molar-refractivity contribution in [3.05, 3.63) is 58.9 Å². The van der Waals surface area contributed by atoms with E-state index in [-0.39, 0.29) is 22.5 Å². The van der Waals surface area contributed by atoms with Crippen LogP contribution in [0.15, 0.2) is 47.4 Å². The minimum atomic E-state index is -3.89. The maximum Gasteiger partial charge on any atom is 0.242 e. The first-order chi connectivity index (χ1) is 13.4. The molecule has 1 aliphatic rings. The molecule has 1 N–H and O–H groups in total. The van der Waals surface area contributed by atoms with Crippen LogP contribution in [0.2, 0.25) is 5.02 Å². The zero-order valence-electron chi connectivity index (χ0n) is 15.7. The molecule has 3 rings (SSSR count). The van der Waals surface area contributed by atoms with Gasteiger partial charge < -0.3 is 4.74 Å². The number of halogens is 2. The number of likely N-dealkylation sites (tertiary alicyclic amines) is 1. The van der Waals surface area contributed by atoms with Crippen molar-refractivity contribution in [2.75, 3.05) is 26.7 Å². The molecule has 0 spiro atoms. The largest absolute Gasteiger partial charge is 0.496 e. The average molecular weight is 427 g/mol. The number of sulfonamides is 1. The highest BCUT2D eigenvalue weighted by atomic mass is 35.5. The molecule has 152 valence electrons. The fraction of sp³-hybridized carbons (Fsp3) is 0.400. The molecule has 0 saturated carbocycles. The smallest absolute Gasteiger partial charge is 0.242 e. The Morgan fingerprint density at radius 1 is 1.18 bits per heavy atom. The topological polar surface area (TPSA) is 58.6 Å². The summed E-state index contributed by atoms with van der Waals surface area (Å²) in [5.74, 6) is 0.140. The van der Waals surface area contributed by atoms with Gasteiger partial charge in [0.1, 0.15) is 16.5 Å². The monoisotopic (exact) mass is 426 g/mol. The van der Waals surface area contributed by atoms with E-state index in [9.17, 15) is 12.8 Å². The third-order valence-corrected chi connectivity index (χ3v) is 6.89. The number of methoxy groups -OCH3 is 1. The van der Waals surface area contributed by atoms with Crippen molar-refractivity contribution in [3.8, 4) is 5.75 Å². The molecule has 1 atom stereocenters. The maximum absolute atomic E-state index is 13.3. The van der Waals surface area contributed by atoms with Gasteiger partial charge in [0.15, 0.2) is 0 Å². The predicted molar refractivity (Wildman–Crippen MR) is 108 cm³/mol. The lowest BCUT2D eigenvalue weighted by Crippen LogP contribution is -2.40. The zero-order chi connectivity index (χ0) is 20.1. The Labute approximate surface area is 170 Å². The minimum Gasteiger partial charge on any atom is -0.496 e. The number of hydrogen-bond acceptors (Lipinski definition) is 4.